The fourth-order valence-electron chi connectivity index (χ4n) is 3.45. The average Bonchev–Trinajstić information content (AvgIpc) is 2.74. The van der Waals surface area contributed by atoms with E-state index < -0.39 is 11.7 Å². The summed E-state index contributed by atoms with van der Waals surface area (Å²) in [6, 6.07) is 16.5. The lowest BCUT2D eigenvalue weighted by molar-refractivity contribution is -0.137. The molecule has 1 aromatic heterocycles. The van der Waals surface area contributed by atoms with Crippen molar-refractivity contribution in [3.8, 4) is 5.75 Å². The summed E-state index contributed by atoms with van der Waals surface area (Å²) in [7, 11) is 0. The zero-order valence-electron chi connectivity index (χ0n) is 18.1. The Bertz CT molecular complexity index is 992. The molecule has 0 aliphatic heterocycles. The molecule has 0 bridgehead atoms. The molecule has 0 aliphatic rings. The first-order valence-electron chi connectivity index (χ1n) is 10.3. The lowest BCUT2D eigenvalue weighted by atomic mass is 9.93. The van der Waals surface area contributed by atoms with E-state index in [2.05, 4.69) is 23.7 Å². The monoisotopic (exact) mass is 462 g/mol. The molecule has 0 amide bonds. The lowest BCUT2D eigenvalue weighted by Gasteiger charge is -2.33. The van der Waals surface area contributed by atoms with Crippen molar-refractivity contribution in [2.75, 3.05) is 13.2 Å². The van der Waals surface area contributed by atoms with Crippen LogP contribution < -0.4 is 4.74 Å². The van der Waals surface area contributed by atoms with Crippen molar-refractivity contribution in [3.63, 3.8) is 0 Å². The molecular weight excluding hydrogens is 437 g/mol. The van der Waals surface area contributed by atoms with E-state index in [4.69, 9.17) is 16.3 Å². The Kier molecular flexibility index (Phi) is 7.80. The quantitative estimate of drug-likeness (QED) is 0.347. The van der Waals surface area contributed by atoms with Gasteiger partial charge in [0, 0.05) is 42.5 Å². The van der Waals surface area contributed by atoms with Crippen LogP contribution in [0.3, 0.4) is 0 Å². The zero-order chi connectivity index (χ0) is 23.2. The maximum Gasteiger partial charge on any atom is 0.416 e. The summed E-state index contributed by atoms with van der Waals surface area (Å²) in [6.45, 7) is 6.51. The highest BCUT2D eigenvalue weighted by Crippen LogP contribution is 2.31. The van der Waals surface area contributed by atoms with Gasteiger partial charge in [-0.2, -0.15) is 13.2 Å². The van der Waals surface area contributed by atoms with Crippen LogP contribution in [0, 0.1) is 5.41 Å². The minimum atomic E-state index is -4.36. The van der Waals surface area contributed by atoms with Crippen molar-refractivity contribution in [3.05, 3.63) is 94.8 Å². The predicted octanol–water partition coefficient (Wildman–Crippen LogP) is 6.86. The van der Waals surface area contributed by atoms with Gasteiger partial charge in [-0.1, -0.05) is 49.7 Å². The van der Waals surface area contributed by atoms with Gasteiger partial charge in [0.2, 0.25) is 0 Å². The normalized spacial score (nSPS) is 12.2. The third-order valence-electron chi connectivity index (χ3n) is 4.94. The van der Waals surface area contributed by atoms with Crippen LogP contribution in [0.2, 0.25) is 5.02 Å². The van der Waals surface area contributed by atoms with Crippen LogP contribution >= 0.6 is 11.6 Å². The Hall–Kier alpha value is -2.57. The molecule has 170 valence electrons. The average molecular weight is 463 g/mol. The fourth-order valence-corrected chi connectivity index (χ4v) is 3.65. The Morgan fingerprint density at radius 2 is 1.66 bits per heavy atom. The Morgan fingerprint density at radius 3 is 2.28 bits per heavy atom. The first kappa shape index (κ1) is 24.1. The number of nitrogens with zero attached hydrogens (tertiary/aromatic N) is 2. The molecule has 3 aromatic rings. The fraction of sp³-hybridized carbons (Fsp3) is 0.320. The third kappa shape index (κ3) is 7.24. The second-order valence-corrected chi connectivity index (χ2v) is 8.98. The van der Waals surface area contributed by atoms with E-state index in [1.807, 2.05) is 42.6 Å². The van der Waals surface area contributed by atoms with Gasteiger partial charge in [-0.05, 0) is 47.5 Å². The number of hydrogen-bond donors (Lipinski definition) is 0. The van der Waals surface area contributed by atoms with Gasteiger partial charge in [0.25, 0.3) is 0 Å². The zero-order valence-corrected chi connectivity index (χ0v) is 18.8. The molecule has 0 saturated carbocycles. The van der Waals surface area contributed by atoms with Gasteiger partial charge in [-0.15, -0.1) is 0 Å². The second-order valence-electron chi connectivity index (χ2n) is 8.57. The number of rotatable bonds is 9. The van der Waals surface area contributed by atoms with Crippen LogP contribution in [0.25, 0.3) is 0 Å². The highest BCUT2D eigenvalue weighted by Gasteiger charge is 2.30. The Morgan fingerprint density at radius 1 is 0.938 bits per heavy atom. The SMILES string of the molecule is CC(C)(COc1ccc(C(F)(F)F)cc1)CN(Cc1cccnc1)Cc1ccccc1Cl. The van der Waals surface area contributed by atoms with E-state index in [-0.39, 0.29) is 5.41 Å². The smallest absolute Gasteiger partial charge is 0.416 e. The maximum absolute atomic E-state index is 12.8. The van der Waals surface area contributed by atoms with Gasteiger partial charge in [0.15, 0.2) is 0 Å². The number of pyridine rings is 1. The molecular formula is C25H26ClF3N2O. The topological polar surface area (TPSA) is 25.4 Å². The molecule has 0 fully saturated rings. The summed E-state index contributed by atoms with van der Waals surface area (Å²) in [5.74, 6) is 0.413. The number of ether oxygens (including phenoxy) is 1. The van der Waals surface area contributed by atoms with Crippen LogP contribution in [0.1, 0.15) is 30.5 Å². The van der Waals surface area contributed by atoms with E-state index in [0.717, 1.165) is 23.3 Å². The largest absolute Gasteiger partial charge is 0.493 e. The number of alkyl halides is 3. The van der Waals surface area contributed by atoms with Crippen molar-refractivity contribution in [1.29, 1.82) is 0 Å². The second kappa shape index (κ2) is 10.4. The Balaban J connectivity index is 1.68. The van der Waals surface area contributed by atoms with Crippen molar-refractivity contribution in [2.45, 2.75) is 33.1 Å². The van der Waals surface area contributed by atoms with Gasteiger partial charge >= 0.3 is 6.18 Å². The number of aromatic nitrogens is 1. The number of halogens is 4. The predicted molar refractivity (Wildman–Crippen MR) is 121 cm³/mol. The lowest BCUT2D eigenvalue weighted by Crippen LogP contribution is -2.37. The first-order valence-corrected chi connectivity index (χ1v) is 10.6. The molecule has 0 atom stereocenters. The number of benzene rings is 2. The van der Waals surface area contributed by atoms with Crippen LogP contribution in [0.4, 0.5) is 13.2 Å². The van der Waals surface area contributed by atoms with Crippen LogP contribution in [-0.4, -0.2) is 23.0 Å². The van der Waals surface area contributed by atoms with Gasteiger partial charge in [-0.25, -0.2) is 0 Å². The molecule has 7 heteroatoms. The maximum atomic E-state index is 12.8. The van der Waals surface area contributed by atoms with E-state index in [1.165, 1.54) is 12.1 Å². The van der Waals surface area contributed by atoms with Gasteiger partial charge < -0.3 is 4.74 Å². The van der Waals surface area contributed by atoms with Crippen LogP contribution in [-0.2, 0) is 19.3 Å². The van der Waals surface area contributed by atoms with Crippen molar-refractivity contribution >= 4 is 11.6 Å². The minimum Gasteiger partial charge on any atom is -0.493 e. The van der Waals surface area contributed by atoms with Crippen molar-refractivity contribution in [1.82, 2.24) is 9.88 Å². The summed E-state index contributed by atoms with van der Waals surface area (Å²) in [5.41, 5.74) is 1.15. The highest BCUT2D eigenvalue weighted by molar-refractivity contribution is 6.31. The summed E-state index contributed by atoms with van der Waals surface area (Å²) in [5, 5.41) is 0.711. The molecule has 0 radical (unpaired) electrons. The highest BCUT2D eigenvalue weighted by atomic mass is 35.5. The molecule has 3 rings (SSSR count). The molecule has 1 heterocycles. The van der Waals surface area contributed by atoms with E-state index in [0.29, 0.717) is 37.0 Å². The van der Waals surface area contributed by atoms with Crippen molar-refractivity contribution < 1.29 is 17.9 Å². The molecule has 0 aliphatic carbocycles. The van der Waals surface area contributed by atoms with Crippen LogP contribution in [0.15, 0.2) is 73.1 Å². The van der Waals surface area contributed by atoms with Gasteiger partial charge in [-0.3, -0.25) is 9.88 Å². The van der Waals surface area contributed by atoms with Gasteiger partial charge in [0.1, 0.15) is 5.75 Å². The number of hydrogen-bond acceptors (Lipinski definition) is 3. The molecule has 2 aromatic carbocycles. The molecule has 0 N–H and O–H groups in total. The standard InChI is InChI=1S/C25H26ClF3N2O/c1-24(2,18-32-22-11-9-21(10-12-22)25(27,28)29)17-31(15-19-6-5-13-30-14-19)16-20-7-3-4-8-23(20)26/h3-14H,15-18H2,1-2H3. The molecule has 0 spiro atoms. The van der Waals surface area contributed by atoms with E-state index in [9.17, 15) is 13.2 Å². The summed E-state index contributed by atoms with van der Waals surface area (Å²) in [6.07, 6.45) is -0.779. The summed E-state index contributed by atoms with van der Waals surface area (Å²) in [4.78, 5) is 6.47. The first-order chi connectivity index (χ1) is 15.1. The summed E-state index contributed by atoms with van der Waals surface area (Å²) < 4.78 is 44.1. The van der Waals surface area contributed by atoms with Crippen molar-refractivity contribution in [2.24, 2.45) is 5.41 Å². The molecule has 0 unspecified atom stereocenters. The van der Waals surface area contributed by atoms with Gasteiger partial charge in [0.05, 0.1) is 12.2 Å². The third-order valence-corrected chi connectivity index (χ3v) is 5.31. The van der Waals surface area contributed by atoms with Crippen LogP contribution in [0.5, 0.6) is 5.75 Å². The van der Waals surface area contributed by atoms with E-state index in [1.54, 1.807) is 6.20 Å². The van der Waals surface area contributed by atoms with E-state index >= 15 is 0 Å². The summed E-state index contributed by atoms with van der Waals surface area (Å²) >= 11 is 6.38. The molecule has 0 saturated heterocycles. The molecule has 32 heavy (non-hydrogen) atoms. The minimum absolute atomic E-state index is 0.272. The molecule has 3 nitrogen and oxygen atoms in total. The Labute approximate surface area is 191 Å².